The lowest BCUT2D eigenvalue weighted by molar-refractivity contribution is 0.330. The second-order valence-electron chi connectivity index (χ2n) is 12.7. The third-order valence-corrected chi connectivity index (χ3v) is 9.27. The minimum Gasteiger partial charge on any atom is -0.504 e. The van der Waals surface area contributed by atoms with Gasteiger partial charge >= 0.3 is 0 Å². The van der Waals surface area contributed by atoms with Crippen LogP contribution in [0.25, 0.3) is 33.4 Å². The number of nitrogens with two attached hydrogens (primary N) is 1. The Morgan fingerprint density at radius 1 is 0.615 bits per heavy atom. The van der Waals surface area contributed by atoms with E-state index >= 15 is 0 Å². The van der Waals surface area contributed by atoms with Crippen molar-refractivity contribution in [1.82, 2.24) is 0 Å². The molecule has 6 rings (SSSR count). The van der Waals surface area contributed by atoms with Crippen molar-refractivity contribution in [2.24, 2.45) is 15.7 Å². The number of hydrogen-bond donors (Lipinski definition) is 6. The van der Waals surface area contributed by atoms with Crippen molar-refractivity contribution in [2.75, 3.05) is 0 Å². The summed E-state index contributed by atoms with van der Waals surface area (Å²) in [6.07, 6.45) is 0.993. The molecular weight excluding hydrogens is 650 g/mol. The third kappa shape index (κ3) is 7.04. The van der Waals surface area contributed by atoms with Gasteiger partial charge in [0.05, 0.1) is 5.56 Å². The second kappa shape index (κ2) is 15.1. The van der Waals surface area contributed by atoms with Gasteiger partial charge in [0, 0.05) is 11.3 Å². The van der Waals surface area contributed by atoms with Crippen molar-refractivity contribution in [3.05, 3.63) is 149 Å². The van der Waals surface area contributed by atoms with Crippen LogP contribution in [-0.4, -0.2) is 37.1 Å². The van der Waals surface area contributed by atoms with E-state index in [1.807, 2.05) is 98.8 Å². The Balaban J connectivity index is 1.45. The van der Waals surface area contributed by atoms with E-state index in [0.717, 1.165) is 68.6 Å². The maximum Gasteiger partial charge on any atom is 0.208 e. The van der Waals surface area contributed by atoms with Gasteiger partial charge in [-0.15, -0.1) is 0 Å². The molecule has 0 aliphatic heterocycles. The van der Waals surface area contributed by atoms with Gasteiger partial charge in [0.1, 0.15) is 5.84 Å². The predicted molar refractivity (Wildman–Crippen MR) is 208 cm³/mol. The molecular formula is C44H41N3O5. The van der Waals surface area contributed by atoms with E-state index in [9.17, 15) is 25.5 Å². The van der Waals surface area contributed by atoms with E-state index in [0.29, 0.717) is 11.4 Å². The van der Waals surface area contributed by atoms with Gasteiger partial charge in [0.15, 0.2) is 17.7 Å². The summed E-state index contributed by atoms with van der Waals surface area (Å²) in [7, 11) is 0. The average molecular weight is 692 g/mol. The fourth-order valence-corrected chi connectivity index (χ4v) is 6.47. The molecule has 0 aliphatic carbocycles. The van der Waals surface area contributed by atoms with E-state index in [1.165, 1.54) is 0 Å². The zero-order valence-corrected chi connectivity index (χ0v) is 29.2. The molecule has 262 valence electrons. The van der Waals surface area contributed by atoms with Gasteiger partial charge in [-0.05, 0) is 76.4 Å². The molecule has 52 heavy (non-hydrogen) atoms. The summed E-state index contributed by atoms with van der Waals surface area (Å²) in [5.74, 6) is -3.95. The van der Waals surface area contributed by atoms with Crippen LogP contribution in [0.4, 0.5) is 0 Å². The first-order valence-corrected chi connectivity index (χ1v) is 17.1. The van der Waals surface area contributed by atoms with Gasteiger partial charge in [-0.25, -0.2) is 4.99 Å². The maximum atomic E-state index is 10.7. The zero-order valence-electron chi connectivity index (χ0n) is 29.2. The van der Waals surface area contributed by atoms with E-state index in [1.54, 1.807) is 12.1 Å². The molecule has 0 spiro atoms. The Bertz CT molecular complexity index is 2250. The SMILES string of the molecule is CCCc1ccc(-c2c(O)c(O)c(O)c(O)c2O)cc1-c1cccc(C(C)=NC(N=C(N)c2ccccc2)c2ccc(-c3ccccc3)cc2)c1C. The molecule has 0 radical (unpaired) electrons. The van der Waals surface area contributed by atoms with E-state index in [2.05, 4.69) is 31.2 Å². The monoisotopic (exact) mass is 691 g/mol. The molecule has 6 aromatic carbocycles. The number of aryl methyl sites for hydroxylation is 1. The Morgan fingerprint density at radius 3 is 1.83 bits per heavy atom. The van der Waals surface area contributed by atoms with Crippen LogP contribution in [0, 0.1) is 6.92 Å². The molecule has 6 aromatic rings. The van der Waals surface area contributed by atoms with Gasteiger partial charge in [-0.1, -0.05) is 129 Å². The summed E-state index contributed by atoms with van der Waals surface area (Å²) in [5, 5.41) is 51.9. The largest absolute Gasteiger partial charge is 0.504 e. The molecule has 1 atom stereocenters. The first kappa shape index (κ1) is 35.3. The number of aliphatic imine (C=N–C) groups is 2. The van der Waals surface area contributed by atoms with Gasteiger partial charge in [-0.3, -0.25) is 4.99 Å². The highest BCUT2D eigenvalue weighted by Crippen LogP contribution is 2.55. The highest BCUT2D eigenvalue weighted by Gasteiger charge is 2.25. The summed E-state index contributed by atoms with van der Waals surface area (Å²) in [6.45, 7) is 6.05. The molecule has 0 saturated heterocycles. The minimum absolute atomic E-state index is 0.196. The second-order valence-corrected chi connectivity index (χ2v) is 12.7. The molecule has 8 heteroatoms. The lowest BCUT2D eigenvalue weighted by atomic mass is 9.88. The molecule has 0 saturated carbocycles. The third-order valence-electron chi connectivity index (χ3n) is 9.27. The predicted octanol–water partition coefficient (Wildman–Crippen LogP) is 9.39. The topological polar surface area (TPSA) is 152 Å². The van der Waals surface area contributed by atoms with Crippen molar-refractivity contribution in [1.29, 1.82) is 0 Å². The fourth-order valence-electron chi connectivity index (χ4n) is 6.47. The van der Waals surface area contributed by atoms with Crippen LogP contribution >= 0.6 is 0 Å². The summed E-state index contributed by atoms with van der Waals surface area (Å²) < 4.78 is 0. The molecule has 7 N–H and O–H groups in total. The van der Waals surface area contributed by atoms with Crippen LogP contribution in [0.2, 0.25) is 0 Å². The fraction of sp³-hybridized carbons (Fsp3) is 0.136. The number of aromatic hydroxyl groups is 5. The van der Waals surface area contributed by atoms with Crippen LogP contribution in [-0.2, 0) is 6.42 Å². The highest BCUT2D eigenvalue weighted by atomic mass is 16.4. The lowest BCUT2D eigenvalue weighted by Gasteiger charge is -2.19. The standard InChI is InChI=1S/C44H41N3O5/c1-4-12-30-21-24-33(37-38(48)40(50)42(52)41(51)39(37)49)25-36(30)35-18-11-17-34(26(35)2)27(3)46-44(47-43(45)31-15-9-6-10-16-31)32-22-19-29(20-23-32)28-13-7-5-8-14-28/h5-11,13-25,44,48-52H,4,12H2,1-3H3,(H2,45,47). The van der Waals surface area contributed by atoms with Gasteiger partial charge in [0.25, 0.3) is 0 Å². The number of phenols is 5. The van der Waals surface area contributed by atoms with Crippen LogP contribution < -0.4 is 5.73 Å². The molecule has 0 fully saturated rings. The molecule has 0 heterocycles. The Kier molecular flexibility index (Phi) is 10.3. The molecule has 0 aliphatic rings. The van der Waals surface area contributed by atoms with Gasteiger partial charge < -0.3 is 31.3 Å². The quantitative estimate of drug-likeness (QED) is 0.0364. The first-order valence-electron chi connectivity index (χ1n) is 17.1. The van der Waals surface area contributed by atoms with Crippen molar-refractivity contribution < 1.29 is 25.5 Å². The minimum atomic E-state index is -1.000. The van der Waals surface area contributed by atoms with Gasteiger partial charge in [0.2, 0.25) is 17.2 Å². The van der Waals surface area contributed by atoms with Crippen molar-refractivity contribution in [3.8, 4) is 62.1 Å². The number of hydrogen-bond acceptors (Lipinski definition) is 7. The lowest BCUT2D eigenvalue weighted by Crippen LogP contribution is -2.15. The summed E-state index contributed by atoms with van der Waals surface area (Å²) >= 11 is 0. The Hall–Kier alpha value is -6.54. The zero-order chi connectivity index (χ0) is 36.9. The van der Waals surface area contributed by atoms with Crippen molar-refractivity contribution >= 4 is 11.5 Å². The van der Waals surface area contributed by atoms with Crippen molar-refractivity contribution in [3.63, 3.8) is 0 Å². The summed E-state index contributed by atoms with van der Waals surface area (Å²) in [5.41, 5.74) is 15.9. The Morgan fingerprint density at radius 2 is 1.19 bits per heavy atom. The van der Waals surface area contributed by atoms with Crippen LogP contribution in [0.15, 0.2) is 131 Å². The molecule has 0 aromatic heterocycles. The molecule has 0 bridgehead atoms. The average Bonchev–Trinajstić information content (AvgIpc) is 3.17. The van der Waals surface area contributed by atoms with E-state index < -0.39 is 34.9 Å². The van der Waals surface area contributed by atoms with Crippen LogP contribution in [0.3, 0.4) is 0 Å². The highest BCUT2D eigenvalue weighted by molar-refractivity contribution is 6.02. The Labute approximate surface area is 303 Å². The van der Waals surface area contributed by atoms with Crippen LogP contribution in [0.5, 0.6) is 28.7 Å². The van der Waals surface area contributed by atoms with Gasteiger partial charge in [-0.2, -0.15) is 0 Å². The normalized spacial score (nSPS) is 12.5. The molecule has 8 nitrogen and oxygen atoms in total. The van der Waals surface area contributed by atoms with Crippen molar-refractivity contribution in [2.45, 2.75) is 39.8 Å². The number of phenolic OH excluding ortho intramolecular Hbond substituents is 5. The number of benzene rings is 6. The van der Waals surface area contributed by atoms with E-state index in [4.69, 9.17) is 15.7 Å². The molecule has 1 unspecified atom stereocenters. The smallest absolute Gasteiger partial charge is 0.208 e. The number of amidine groups is 1. The summed E-state index contributed by atoms with van der Waals surface area (Å²) in [6, 6.07) is 39.3. The van der Waals surface area contributed by atoms with Crippen LogP contribution in [0.1, 0.15) is 54.3 Å². The molecule has 0 amide bonds. The first-order chi connectivity index (χ1) is 25.1. The number of nitrogens with zero attached hydrogens (tertiary/aromatic N) is 2. The number of rotatable bonds is 10. The maximum absolute atomic E-state index is 10.7. The van der Waals surface area contributed by atoms with E-state index in [-0.39, 0.29) is 5.56 Å². The summed E-state index contributed by atoms with van der Waals surface area (Å²) in [4.78, 5) is 10.1.